The molecule has 0 bridgehead atoms. The Balaban J connectivity index is 1.39. The van der Waals surface area contributed by atoms with Crippen LogP contribution in [0.5, 0.6) is 0 Å². The Hall–Kier alpha value is -2.22. The van der Waals surface area contributed by atoms with Crippen molar-refractivity contribution < 1.29 is 13.2 Å². The lowest BCUT2D eigenvalue weighted by atomic mass is 10.0. The third-order valence-electron chi connectivity index (χ3n) is 6.54. The lowest BCUT2D eigenvalue weighted by Gasteiger charge is -2.29. The molecule has 2 aliphatic heterocycles. The van der Waals surface area contributed by atoms with Crippen molar-refractivity contribution in [1.82, 2.24) is 9.21 Å². The smallest absolute Gasteiger partial charge is 0.255 e. The number of rotatable bonds is 6. The normalized spacial score (nSPS) is 19.0. The molecule has 2 heterocycles. The molecule has 7 heteroatoms. The van der Waals surface area contributed by atoms with Crippen LogP contribution < -0.4 is 5.32 Å². The van der Waals surface area contributed by atoms with Gasteiger partial charge in [0.25, 0.3) is 5.91 Å². The Kier molecular flexibility index (Phi) is 7.28. The summed E-state index contributed by atoms with van der Waals surface area (Å²) in [6.07, 6.45) is 5.58. The van der Waals surface area contributed by atoms with Crippen LogP contribution in [0.15, 0.2) is 53.4 Å². The number of carbonyl (C=O) groups is 1. The van der Waals surface area contributed by atoms with Crippen LogP contribution in [0, 0.1) is 5.92 Å². The third-order valence-corrected chi connectivity index (χ3v) is 8.45. The second-order valence-electron chi connectivity index (χ2n) is 9.10. The molecule has 0 atom stereocenters. The molecule has 2 saturated heterocycles. The molecule has 4 rings (SSSR count). The fourth-order valence-electron chi connectivity index (χ4n) is 4.48. The summed E-state index contributed by atoms with van der Waals surface area (Å²) in [5.41, 5.74) is 2.38. The first-order valence-electron chi connectivity index (χ1n) is 11.6. The van der Waals surface area contributed by atoms with Crippen LogP contribution in [-0.2, 0) is 16.6 Å². The fraction of sp³-hybridized carbons (Fsp3) is 0.480. The number of hydrogen-bond donors (Lipinski definition) is 1. The lowest BCUT2D eigenvalue weighted by Crippen LogP contribution is -2.37. The van der Waals surface area contributed by atoms with E-state index in [4.69, 9.17) is 0 Å². The zero-order valence-corrected chi connectivity index (χ0v) is 19.6. The van der Waals surface area contributed by atoms with Gasteiger partial charge in [0.05, 0.1) is 4.90 Å². The predicted octanol–water partition coefficient (Wildman–Crippen LogP) is 4.35. The molecule has 0 radical (unpaired) electrons. The molecule has 6 nitrogen and oxygen atoms in total. The average molecular weight is 456 g/mol. The second-order valence-corrected chi connectivity index (χ2v) is 11.0. The molecule has 1 N–H and O–H groups in total. The summed E-state index contributed by atoms with van der Waals surface area (Å²) in [5.74, 6) is 0.321. The number of anilines is 1. The number of carbonyl (C=O) groups excluding carboxylic acids is 1. The largest absolute Gasteiger partial charge is 0.322 e. The highest BCUT2D eigenvalue weighted by molar-refractivity contribution is 7.89. The Morgan fingerprint density at radius 3 is 2.34 bits per heavy atom. The minimum atomic E-state index is -3.51. The van der Waals surface area contributed by atoms with Crippen molar-refractivity contribution >= 4 is 21.6 Å². The van der Waals surface area contributed by atoms with Gasteiger partial charge in [-0.2, -0.15) is 4.31 Å². The van der Waals surface area contributed by atoms with Crippen molar-refractivity contribution in [3.63, 3.8) is 0 Å². The van der Waals surface area contributed by atoms with Gasteiger partial charge in [-0.1, -0.05) is 25.5 Å². The molecule has 0 aliphatic carbocycles. The molecule has 2 fully saturated rings. The van der Waals surface area contributed by atoms with Crippen molar-refractivity contribution in [1.29, 1.82) is 0 Å². The number of likely N-dealkylation sites (tertiary alicyclic amines) is 1. The van der Waals surface area contributed by atoms with Crippen LogP contribution in [0.25, 0.3) is 0 Å². The van der Waals surface area contributed by atoms with Crippen LogP contribution in [0.1, 0.15) is 54.9 Å². The van der Waals surface area contributed by atoms with E-state index in [-0.39, 0.29) is 10.8 Å². The van der Waals surface area contributed by atoms with Gasteiger partial charge in [0.1, 0.15) is 0 Å². The summed E-state index contributed by atoms with van der Waals surface area (Å²) in [6, 6.07) is 14.2. The van der Waals surface area contributed by atoms with E-state index in [1.807, 2.05) is 18.2 Å². The van der Waals surface area contributed by atoms with Crippen molar-refractivity contribution in [2.45, 2.75) is 50.5 Å². The molecule has 0 saturated carbocycles. The van der Waals surface area contributed by atoms with Crippen LogP contribution in [0.3, 0.4) is 0 Å². The van der Waals surface area contributed by atoms with E-state index < -0.39 is 10.0 Å². The topological polar surface area (TPSA) is 69.7 Å². The first-order valence-corrected chi connectivity index (χ1v) is 13.1. The lowest BCUT2D eigenvalue weighted by molar-refractivity contribution is 0.102. The Morgan fingerprint density at radius 1 is 0.969 bits per heavy atom. The number of nitrogens with one attached hydrogen (secondary N) is 1. The molecule has 0 spiro atoms. The first kappa shape index (κ1) is 23.0. The number of nitrogens with zero attached hydrogens (tertiary/aromatic N) is 2. The monoisotopic (exact) mass is 455 g/mol. The molecule has 0 aromatic heterocycles. The highest BCUT2D eigenvalue weighted by Gasteiger charge is 2.28. The van der Waals surface area contributed by atoms with Crippen molar-refractivity contribution in [3.05, 3.63) is 59.7 Å². The Bertz CT molecular complexity index is 1020. The standard InChI is InChI=1S/C25H33N3O3S/c1-20-12-16-28(17-13-20)32(30,31)24-10-8-22(9-11-24)25(29)26-23-7-5-6-21(18-23)19-27-14-3-2-4-15-27/h5-11,18,20H,2-4,12-17,19H2,1H3,(H,26,29). The highest BCUT2D eigenvalue weighted by atomic mass is 32.2. The molecular formula is C25H33N3O3S. The maximum absolute atomic E-state index is 12.9. The summed E-state index contributed by atoms with van der Waals surface area (Å²) in [4.78, 5) is 15.4. The zero-order chi connectivity index (χ0) is 22.6. The molecular weight excluding hydrogens is 422 g/mol. The third kappa shape index (κ3) is 5.57. The van der Waals surface area contributed by atoms with E-state index in [0.717, 1.165) is 38.2 Å². The van der Waals surface area contributed by atoms with Gasteiger partial charge in [0, 0.05) is 30.9 Å². The van der Waals surface area contributed by atoms with Crippen LogP contribution in [-0.4, -0.2) is 49.7 Å². The van der Waals surface area contributed by atoms with E-state index in [1.54, 1.807) is 16.4 Å². The molecule has 2 aliphatic rings. The SMILES string of the molecule is CC1CCN(S(=O)(=O)c2ccc(C(=O)Nc3cccc(CN4CCCCC4)c3)cc2)CC1. The summed E-state index contributed by atoms with van der Waals surface area (Å²) in [5, 5.41) is 2.94. The van der Waals surface area contributed by atoms with Crippen LogP contribution >= 0.6 is 0 Å². The van der Waals surface area contributed by atoms with E-state index in [1.165, 1.54) is 37.0 Å². The highest BCUT2D eigenvalue weighted by Crippen LogP contribution is 2.24. The Labute approximate surface area is 191 Å². The molecule has 172 valence electrons. The maximum Gasteiger partial charge on any atom is 0.255 e. The maximum atomic E-state index is 12.9. The molecule has 0 unspecified atom stereocenters. The van der Waals surface area contributed by atoms with E-state index in [2.05, 4.69) is 23.2 Å². The number of sulfonamides is 1. The zero-order valence-electron chi connectivity index (χ0n) is 18.8. The van der Waals surface area contributed by atoms with Crippen molar-refractivity contribution in [2.24, 2.45) is 5.92 Å². The predicted molar refractivity (Wildman–Crippen MR) is 127 cm³/mol. The van der Waals surface area contributed by atoms with Gasteiger partial charge in [-0.25, -0.2) is 8.42 Å². The van der Waals surface area contributed by atoms with Gasteiger partial charge in [-0.3, -0.25) is 9.69 Å². The molecule has 2 aromatic rings. The number of benzene rings is 2. The summed E-state index contributed by atoms with van der Waals surface area (Å²) >= 11 is 0. The number of amides is 1. The van der Waals surface area contributed by atoms with E-state index >= 15 is 0 Å². The van der Waals surface area contributed by atoms with Gasteiger partial charge < -0.3 is 5.32 Å². The quantitative estimate of drug-likeness (QED) is 0.703. The van der Waals surface area contributed by atoms with Crippen molar-refractivity contribution in [3.8, 4) is 0 Å². The van der Waals surface area contributed by atoms with Gasteiger partial charge in [-0.05, 0) is 86.7 Å². The number of piperidine rings is 2. The summed E-state index contributed by atoms with van der Waals surface area (Å²) in [6.45, 7) is 6.41. The van der Waals surface area contributed by atoms with Crippen molar-refractivity contribution in [2.75, 3.05) is 31.5 Å². The summed E-state index contributed by atoms with van der Waals surface area (Å²) in [7, 11) is -3.51. The molecule has 2 aromatic carbocycles. The fourth-order valence-corrected chi connectivity index (χ4v) is 5.95. The first-order chi connectivity index (χ1) is 15.4. The van der Waals surface area contributed by atoms with E-state index in [0.29, 0.717) is 24.6 Å². The second kappa shape index (κ2) is 10.1. The minimum Gasteiger partial charge on any atom is -0.322 e. The summed E-state index contributed by atoms with van der Waals surface area (Å²) < 4.78 is 27.3. The van der Waals surface area contributed by atoms with Gasteiger partial charge in [0.2, 0.25) is 10.0 Å². The minimum absolute atomic E-state index is 0.240. The molecule has 1 amide bonds. The molecule has 32 heavy (non-hydrogen) atoms. The van der Waals surface area contributed by atoms with Crippen LogP contribution in [0.2, 0.25) is 0 Å². The Morgan fingerprint density at radius 2 is 1.66 bits per heavy atom. The number of hydrogen-bond acceptors (Lipinski definition) is 4. The van der Waals surface area contributed by atoms with Crippen LogP contribution in [0.4, 0.5) is 5.69 Å². The average Bonchev–Trinajstić information content (AvgIpc) is 2.80. The van der Waals surface area contributed by atoms with Gasteiger partial charge in [0.15, 0.2) is 0 Å². The van der Waals surface area contributed by atoms with Gasteiger partial charge in [-0.15, -0.1) is 0 Å². The van der Waals surface area contributed by atoms with E-state index in [9.17, 15) is 13.2 Å². The van der Waals surface area contributed by atoms with Gasteiger partial charge >= 0.3 is 0 Å².